The largest absolute Gasteiger partial charge is 0.349 e. The first-order chi connectivity index (χ1) is 9.11. The van der Waals surface area contributed by atoms with E-state index in [0.717, 1.165) is 18.4 Å². The number of amides is 1. The fraction of sp³-hybridized carbons (Fsp3) is 0.588. The summed E-state index contributed by atoms with van der Waals surface area (Å²) in [6.45, 7) is 6.67. The van der Waals surface area contributed by atoms with E-state index in [2.05, 4.69) is 26.1 Å². The summed E-state index contributed by atoms with van der Waals surface area (Å²) >= 11 is 0. The van der Waals surface area contributed by atoms with Gasteiger partial charge in [0.05, 0.1) is 0 Å². The number of benzene rings is 1. The summed E-state index contributed by atoms with van der Waals surface area (Å²) in [6, 6.07) is 8.29. The first-order valence-corrected chi connectivity index (χ1v) is 7.51. The van der Waals surface area contributed by atoms with Gasteiger partial charge < -0.3 is 5.32 Å². The summed E-state index contributed by atoms with van der Waals surface area (Å²) < 4.78 is 0. The Morgan fingerprint density at radius 1 is 1.21 bits per heavy atom. The van der Waals surface area contributed by atoms with Crippen LogP contribution >= 0.6 is 0 Å². The van der Waals surface area contributed by atoms with Crippen molar-refractivity contribution in [3.63, 3.8) is 0 Å². The van der Waals surface area contributed by atoms with Crippen LogP contribution in [0.2, 0.25) is 0 Å². The maximum atomic E-state index is 12.3. The molecule has 1 amide bonds. The monoisotopic (exact) mass is 259 g/mol. The van der Waals surface area contributed by atoms with Gasteiger partial charge in [0.2, 0.25) is 0 Å². The molecule has 0 bridgehead atoms. The van der Waals surface area contributed by atoms with E-state index in [1.807, 2.05) is 24.3 Å². The lowest BCUT2D eigenvalue weighted by molar-refractivity contribution is 0.0891. The lowest BCUT2D eigenvalue weighted by Gasteiger charge is -2.34. The molecule has 104 valence electrons. The highest BCUT2D eigenvalue weighted by molar-refractivity contribution is 5.94. The molecular weight excluding hydrogens is 234 g/mol. The molecule has 2 heteroatoms. The quantitative estimate of drug-likeness (QED) is 0.879. The van der Waals surface area contributed by atoms with Crippen molar-refractivity contribution in [3.05, 3.63) is 35.4 Å². The van der Waals surface area contributed by atoms with E-state index >= 15 is 0 Å². The van der Waals surface area contributed by atoms with Gasteiger partial charge in [-0.25, -0.2) is 0 Å². The fourth-order valence-corrected chi connectivity index (χ4v) is 2.93. The summed E-state index contributed by atoms with van der Waals surface area (Å²) in [5.74, 6) is 1.36. The van der Waals surface area contributed by atoms with Crippen LogP contribution in [0, 0.1) is 11.8 Å². The third-order valence-corrected chi connectivity index (χ3v) is 4.65. The molecule has 1 aromatic carbocycles. The Bertz CT molecular complexity index is 423. The Labute approximate surface area is 116 Å². The number of carbonyl (C=O) groups is 1. The van der Waals surface area contributed by atoms with Crippen LogP contribution in [0.15, 0.2) is 24.3 Å². The molecule has 1 aliphatic carbocycles. The predicted molar refractivity (Wildman–Crippen MR) is 79.3 cm³/mol. The molecule has 0 unspecified atom stereocenters. The van der Waals surface area contributed by atoms with Gasteiger partial charge in [0, 0.05) is 11.6 Å². The molecule has 3 atom stereocenters. The lowest BCUT2D eigenvalue weighted by Crippen LogP contribution is -2.43. The highest BCUT2D eigenvalue weighted by Gasteiger charge is 2.28. The molecule has 1 N–H and O–H groups in total. The summed E-state index contributed by atoms with van der Waals surface area (Å²) in [5, 5.41) is 3.21. The molecule has 0 spiro atoms. The second-order valence-electron chi connectivity index (χ2n) is 5.90. The molecule has 1 aromatic rings. The van der Waals surface area contributed by atoms with Crippen LogP contribution in [0.1, 0.15) is 56.0 Å². The summed E-state index contributed by atoms with van der Waals surface area (Å²) in [4.78, 5) is 12.3. The van der Waals surface area contributed by atoms with Crippen LogP contribution in [-0.4, -0.2) is 11.9 Å². The highest BCUT2D eigenvalue weighted by atomic mass is 16.1. The van der Waals surface area contributed by atoms with E-state index in [1.165, 1.54) is 18.4 Å². The zero-order valence-corrected chi connectivity index (χ0v) is 12.3. The first kappa shape index (κ1) is 14.1. The second-order valence-corrected chi connectivity index (χ2v) is 5.90. The third-order valence-electron chi connectivity index (χ3n) is 4.65. The molecule has 2 rings (SSSR count). The third kappa shape index (κ3) is 3.37. The molecule has 19 heavy (non-hydrogen) atoms. The number of hydrogen-bond donors (Lipinski definition) is 1. The van der Waals surface area contributed by atoms with Crippen LogP contribution in [0.3, 0.4) is 0 Å². The maximum Gasteiger partial charge on any atom is 0.251 e. The lowest BCUT2D eigenvalue weighted by atomic mass is 9.78. The van der Waals surface area contributed by atoms with E-state index in [0.29, 0.717) is 17.9 Å². The van der Waals surface area contributed by atoms with Crippen molar-refractivity contribution in [2.24, 2.45) is 11.8 Å². The van der Waals surface area contributed by atoms with Crippen molar-refractivity contribution in [3.8, 4) is 0 Å². The van der Waals surface area contributed by atoms with Gasteiger partial charge in [-0.1, -0.05) is 45.7 Å². The van der Waals surface area contributed by atoms with Crippen molar-refractivity contribution < 1.29 is 4.79 Å². The van der Waals surface area contributed by atoms with E-state index in [-0.39, 0.29) is 5.91 Å². The molecule has 0 aromatic heterocycles. The smallest absolute Gasteiger partial charge is 0.251 e. The van der Waals surface area contributed by atoms with Crippen LogP contribution in [0.5, 0.6) is 0 Å². The standard InChI is InChI=1S/C17H25NO/c1-4-14-8-10-15(11-9-14)17(19)18-16-7-5-6-12(2)13(16)3/h8-13,16H,4-7H2,1-3H3,(H,18,19)/t12-,13-,16-/m1/s1. The van der Waals surface area contributed by atoms with Crippen LogP contribution in [-0.2, 0) is 6.42 Å². The summed E-state index contributed by atoms with van der Waals surface area (Å²) in [5.41, 5.74) is 2.05. The van der Waals surface area contributed by atoms with Gasteiger partial charge in [0.25, 0.3) is 5.91 Å². The Kier molecular flexibility index (Phi) is 4.62. The summed E-state index contributed by atoms with van der Waals surface area (Å²) in [6.07, 6.45) is 4.65. The number of hydrogen-bond acceptors (Lipinski definition) is 1. The molecule has 0 radical (unpaired) electrons. The number of nitrogens with one attached hydrogen (secondary N) is 1. The number of aryl methyl sites for hydroxylation is 1. The van der Waals surface area contributed by atoms with Crippen molar-refractivity contribution in [2.45, 2.75) is 52.5 Å². The van der Waals surface area contributed by atoms with Gasteiger partial charge in [-0.15, -0.1) is 0 Å². The van der Waals surface area contributed by atoms with Gasteiger partial charge in [-0.3, -0.25) is 4.79 Å². The molecule has 2 nitrogen and oxygen atoms in total. The molecule has 0 heterocycles. The van der Waals surface area contributed by atoms with E-state index in [1.54, 1.807) is 0 Å². The van der Waals surface area contributed by atoms with Gasteiger partial charge in [0.1, 0.15) is 0 Å². The fourth-order valence-electron chi connectivity index (χ4n) is 2.93. The Balaban J connectivity index is 1.99. The number of carbonyl (C=O) groups excluding carboxylic acids is 1. The minimum absolute atomic E-state index is 0.0774. The zero-order chi connectivity index (χ0) is 13.8. The maximum absolute atomic E-state index is 12.3. The zero-order valence-electron chi connectivity index (χ0n) is 12.3. The van der Waals surface area contributed by atoms with Crippen molar-refractivity contribution in [1.82, 2.24) is 5.32 Å². The Morgan fingerprint density at radius 3 is 2.53 bits per heavy atom. The predicted octanol–water partition coefficient (Wildman–Crippen LogP) is 3.80. The number of rotatable bonds is 3. The molecular formula is C17H25NO. The van der Waals surface area contributed by atoms with Crippen LogP contribution in [0.4, 0.5) is 0 Å². The Morgan fingerprint density at radius 2 is 1.89 bits per heavy atom. The van der Waals surface area contributed by atoms with E-state index in [9.17, 15) is 4.79 Å². The first-order valence-electron chi connectivity index (χ1n) is 7.51. The molecule has 1 aliphatic rings. The van der Waals surface area contributed by atoms with E-state index < -0.39 is 0 Å². The average Bonchev–Trinajstić information content (AvgIpc) is 2.44. The SMILES string of the molecule is CCc1ccc(C(=O)N[C@@H]2CCC[C@@H](C)[C@H]2C)cc1. The topological polar surface area (TPSA) is 29.1 Å². The molecule has 0 aliphatic heterocycles. The van der Waals surface area contributed by atoms with Crippen LogP contribution in [0.25, 0.3) is 0 Å². The second kappa shape index (κ2) is 6.23. The van der Waals surface area contributed by atoms with Gasteiger partial charge in [-0.2, -0.15) is 0 Å². The van der Waals surface area contributed by atoms with Crippen molar-refractivity contribution >= 4 is 5.91 Å². The molecule has 0 saturated heterocycles. The van der Waals surface area contributed by atoms with Gasteiger partial charge in [-0.05, 0) is 42.4 Å². The van der Waals surface area contributed by atoms with E-state index in [4.69, 9.17) is 0 Å². The van der Waals surface area contributed by atoms with Crippen molar-refractivity contribution in [1.29, 1.82) is 0 Å². The Hall–Kier alpha value is -1.31. The average molecular weight is 259 g/mol. The van der Waals surface area contributed by atoms with Crippen LogP contribution < -0.4 is 5.32 Å². The molecule has 1 saturated carbocycles. The molecule has 1 fully saturated rings. The van der Waals surface area contributed by atoms with Gasteiger partial charge >= 0.3 is 0 Å². The minimum Gasteiger partial charge on any atom is -0.349 e. The normalized spacial score (nSPS) is 27.0. The summed E-state index contributed by atoms with van der Waals surface area (Å²) in [7, 11) is 0. The van der Waals surface area contributed by atoms with Gasteiger partial charge in [0.15, 0.2) is 0 Å². The highest BCUT2D eigenvalue weighted by Crippen LogP contribution is 2.29. The minimum atomic E-state index is 0.0774. The van der Waals surface area contributed by atoms with Crippen molar-refractivity contribution in [2.75, 3.05) is 0 Å².